The Morgan fingerprint density at radius 3 is 2.46 bits per heavy atom. The Hall–Kier alpha value is -1.67. The molecule has 1 aliphatic carbocycles. The van der Waals surface area contributed by atoms with Crippen LogP contribution in [0.1, 0.15) is 66.3 Å². The van der Waals surface area contributed by atoms with E-state index in [2.05, 4.69) is 4.72 Å². The van der Waals surface area contributed by atoms with Crippen LogP contribution in [-0.4, -0.2) is 54.0 Å². The van der Waals surface area contributed by atoms with E-state index in [1.807, 2.05) is 0 Å². The minimum Gasteiger partial charge on any atom is -0.346 e. The summed E-state index contributed by atoms with van der Waals surface area (Å²) in [6.07, 6.45) is 6.78. The highest BCUT2D eigenvalue weighted by Crippen LogP contribution is 2.23. The molecule has 8 heteroatoms. The van der Waals surface area contributed by atoms with Crippen LogP contribution < -0.4 is 4.72 Å². The van der Waals surface area contributed by atoms with Crippen LogP contribution in [0.25, 0.3) is 0 Å². The van der Waals surface area contributed by atoms with Gasteiger partial charge in [-0.2, -0.15) is 0 Å². The van der Waals surface area contributed by atoms with E-state index in [9.17, 15) is 18.0 Å². The number of sulfonamides is 1. The van der Waals surface area contributed by atoms with Gasteiger partial charge in [0.1, 0.15) is 5.69 Å². The number of carbonyl (C=O) groups is 2. The highest BCUT2D eigenvalue weighted by atomic mass is 32.2. The Kier molecular flexibility index (Phi) is 5.53. The molecule has 1 amide bonds. The summed E-state index contributed by atoms with van der Waals surface area (Å²) >= 11 is 0. The van der Waals surface area contributed by atoms with Crippen molar-refractivity contribution in [3.05, 3.63) is 23.5 Å². The van der Waals surface area contributed by atoms with Crippen molar-refractivity contribution in [1.82, 2.24) is 14.2 Å². The number of aromatic nitrogens is 1. The Morgan fingerprint density at radius 1 is 1.15 bits per heavy atom. The van der Waals surface area contributed by atoms with Crippen LogP contribution >= 0.6 is 0 Å². The average Bonchev–Trinajstić information content (AvgIpc) is 3.23. The number of hydrogen-bond donors (Lipinski definition) is 1. The molecule has 7 nitrogen and oxygen atoms in total. The smallest absolute Gasteiger partial charge is 0.270 e. The lowest BCUT2D eigenvalue weighted by Crippen LogP contribution is -2.50. The normalized spacial score (nSPS) is 21.9. The summed E-state index contributed by atoms with van der Waals surface area (Å²) in [5.41, 5.74) is 0.900. The fourth-order valence-electron chi connectivity index (χ4n) is 3.88. The summed E-state index contributed by atoms with van der Waals surface area (Å²) < 4.78 is 29.9. The third-order valence-corrected chi connectivity index (χ3v) is 7.35. The van der Waals surface area contributed by atoms with Crippen LogP contribution in [0, 0.1) is 0 Å². The Labute approximate surface area is 154 Å². The molecule has 0 radical (unpaired) electrons. The summed E-state index contributed by atoms with van der Waals surface area (Å²) in [5, 5.41) is -0.576. The number of ketones is 1. The second kappa shape index (κ2) is 7.52. The monoisotopic (exact) mass is 381 g/mol. The molecular weight excluding hydrogens is 354 g/mol. The third-order valence-electron chi connectivity index (χ3n) is 5.42. The maximum atomic E-state index is 12.9. The van der Waals surface area contributed by atoms with Crippen molar-refractivity contribution in [2.75, 3.05) is 13.1 Å². The first-order valence-electron chi connectivity index (χ1n) is 9.25. The van der Waals surface area contributed by atoms with E-state index in [1.165, 1.54) is 6.92 Å². The molecule has 1 N–H and O–H groups in total. The minimum atomic E-state index is -3.44. The number of rotatable bonds is 5. The first-order chi connectivity index (χ1) is 12.3. The summed E-state index contributed by atoms with van der Waals surface area (Å²) in [4.78, 5) is 26.0. The highest BCUT2D eigenvalue weighted by Gasteiger charge is 2.35. The molecule has 1 saturated heterocycles. The number of piperidine rings is 1. The quantitative estimate of drug-likeness (QED) is 0.786. The summed E-state index contributed by atoms with van der Waals surface area (Å²) in [7, 11) is -1.72. The molecule has 26 heavy (non-hydrogen) atoms. The molecule has 2 aliphatic rings. The van der Waals surface area contributed by atoms with Crippen molar-refractivity contribution >= 4 is 21.7 Å². The molecule has 0 spiro atoms. The number of carbonyl (C=O) groups excluding carboxylic acids is 2. The molecule has 2 heterocycles. The first-order valence-corrected chi connectivity index (χ1v) is 10.8. The van der Waals surface area contributed by atoms with Gasteiger partial charge >= 0.3 is 0 Å². The zero-order valence-corrected chi connectivity index (χ0v) is 16.2. The number of aryl methyl sites for hydroxylation is 1. The molecule has 2 fully saturated rings. The summed E-state index contributed by atoms with van der Waals surface area (Å²) in [6.45, 7) is 2.19. The second-order valence-corrected chi connectivity index (χ2v) is 9.43. The van der Waals surface area contributed by atoms with Gasteiger partial charge in [-0.1, -0.05) is 12.8 Å². The van der Waals surface area contributed by atoms with E-state index in [0.29, 0.717) is 30.6 Å². The molecule has 1 aromatic rings. The maximum Gasteiger partial charge on any atom is 0.270 e. The number of Topliss-reactive ketones (excluding diaryl/α,β-unsaturated/α-hetero) is 1. The minimum absolute atomic E-state index is 0.0390. The Balaban J connectivity index is 1.71. The van der Waals surface area contributed by atoms with E-state index < -0.39 is 15.3 Å². The molecule has 1 saturated carbocycles. The number of nitrogens with one attached hydrogen (secondary N) is 1. The number of hydrogen-bond acceptors (Lipinski definition) is 4. The Bertz CT molecular complexity index is 793. The lowest BCUT2D eigenvalue weighted by Gasteiger charge is -2.33. The van der Waals surface area contributed by atoms with Crippen molar-refractivity contribution in [3.8, 4) is 0 Å². The number of nitrogens with zero attached hydrogens (tertiary/aromatic N) is 2. The topological polar surface area (TPSA) is 88.5 Å². The van der Waals surface area contributed by atoms with Crippen molar-refractivity contribution in [3.63, 3.8) is 0 Å². The predicted octanol–water partition coefficient (Wildman–Crippen LogP) is 1.69. The van der Waals surface area contributed by atoms with Gasteiger partial charge in [-0.05, 0) is 38.7 Å². The zero-order chi connectivity index (χ0) is 18.9. The van der Waals surface area contributed by atoms with Crippen molar-refractivity contribution < 1.29 is 18.0 Å². The summed E-state index contributed by atoms with van der Waals surface area (Å²) in [6, 6.07) is 1.62. The lowest BCUT2D eigenvalue weighted by atomic mass is 10.1. The van der Waals surface area contributed by atoms with E-state index in [0.717, 1.165) is 25.7 Å². The second-order valence-electron chi connectivity index (χ2n) is 7.44. The first kappa shape index (κ1) is 19.1. The van der Waals surface area contributed by atoms with Crippen molar-refractivity contribution in [2.24, 2.45) is 7.05 Å². The van der Waals surface area contributed by atoms with E-state index in [-0.39, 0.29) is 24.3 Å². The average molecular weight is 381 g/mol. The van der Waals surface area contributed by atoms with Crippen LogP contribution in [-0.2, 0) is 17.1 Å². The van der Waals surface area contributed by atoms with Crippen molar-refractivity contribution in [1.29, 1.82) is 0 Å². The molecule has 1 atom stereocenters. The van der Waals surface area contributed by atoms with Crippen LogP contribution in [0.2, 0.25) is 0 Å². The number of amides is 1. The molecule has 0 unspecified atom stereocenters. The van der Waals surface area contributed by atoms with Crippen LogP contribution in [0.5, 0.6) is 0 Å². The van der Waals surface area contributed by atoms with Gasteiger partial charge in [0.15, 0.2) is 5.78 Å². The van der Waals surface area contributed by atoms with Gasteiger partial charge in [0.2, 0.25) is 10.0 Å². The van der Waals surface area contributed by atoms with Gasteiger partial charge in [0.05, 0.1) is 5.25 Å². The lowest BCUT2D eigenvalue weighted by molar-refractivity contribution is 0.0717. The van der Waals surface area contributed by atoms with Crippen LogP contribution in [0.3, 0.4) is 0 Å². The maximum absolute atomic E-state index is 12.9. The van der Waals surface area contributed by atoms with E-state index in [4.69, 9.17) is 0 Å². The standard InChI is InChI=1S/C18H27N3O4S/c1-13(22)14-10-17(20(2)11-14)18(23)21-9-5-8-16(12-21)26(24,25)19-15-6-3-4-7-15/h10-11,15-16,19H,3-9,12H2,1-2H3/t16-/m1/s1. The van der Waals surface area contributed by atoms with Crippen LogP contribution in [0.15, 0.2) is 12.3 Å². The van der Waals surface area contributed by atoms with Gasteiger partial charge in [-0.25, -0.2) is 13.1 Å². The largest absolute Gasteiger partial charge is 0.346 e. The molecule has 1 aliphatic heterocycles. The highest BCUT2D eigenvalue weighted by molar-refractivity contribution is 7.90. The zero-order valence-electron chi connectivity index (χ0n) is 15.4. The summed E-state index contributed by atoms with van der Waals surface area (Å²) in [5.74, 6) is -0.319. The van der Waals surface area contributed by atoms with Gasteiger partial charge in [-0.15, -0.1) is 0 Å². The third kappa shape index (κ3) is 4.01. The fraction of sp³-hybridized carbons (Fsp3) is 0.667. The van der Waals surface area contributed by atoms with Gasteiger partial charge < -0.3 is 9.47 Å². The SMILES string of the molecule is CC(=O)c1cc(C(=O)N2CCC[C@@H](S(=O)(=O)NC3CCCC3)C2)n(C)c1. The van der Waals surface area contributed by atoms with Gasteiger partial charge in [-0.3, -0.25) is 9.59 Å². The molecule has 1 aromatic heterocycles. The van der Waals surface area contributed by atoms with Gasteiger partial charge in [0.25, 0.3) is 5.91 Å². The number of likely N-dealkylation sites (tertiary alicyclic amines) is 1. The van der Waals surface area contributed by atoms with E-state index >= 15 is 0 Å². The predicted molar refractivity (Wildman–Crippen MR) is 98.7 cm³/mol. The molecule has 144 valence electrons. The molecular formula is C18H27N3O4S. The van der Waals surface area contributed by atoms with Crippen molar-refractivity contribution in [2.45, 2.75) is 56.7 Å². The fourth-order valence-corrected chi connectivity index (χ4v) is 5.63. The molecule has 3 rings (SSSR count). The van der Waals surface area contributed by atoms with Gasteiger partial charge in [0, 0.05) is 37.9 Å². The van der Waals surface area contributed by atoms with E-state index in [1.54, 1.807) is 28.8 Å². The molecule has 0 aromatic carbocycles. The van der Waals surface area contributed by atoms with Crippen LogP contribution in [0.4, 0.5) is 0 Å². The molecule has 0 bridgehead atoms. The Morgan fingerprint density at radius 2 is 1.85 bits per heavy atom.